The van der Waals surface area contributed by atoms with Crippen LogP contribution in [0.15, 0.2) is 40.1 Å². The fourth-order valence-electron chi connectivity index (χ4n) is 1.04. The van der Waals surface area contributed by atoms with Gasteiger partial charge in [-0.15, -0.1) is 0 Å². The summed E-state index contributed by atoms with van der Waals surface area (Å²) in [6, 6.07) is 0. The molecule has 0 fully saturated rings. The summed E-state index contributed by atoms with van der Waals surface area (Å²) in [7, 11) is 0. The third kappa shape index (κ3) is 0.515. The SMILES string of the molecule is CC1=C2C=CC=C2[C]=N1. The van der Waals surface area contributed by atoms with Gasteiger partial charge in [0, 0.05) is 16.8 Å². The first kappa shape index (κ1) is 4.74. The molecule has 2 rings (SSSR count). The van der Waals surface area contributed by atoms with Gasteiger partial charge in [-0.1, -0.05) is 18.2 Å². The van der Waals surface area contributed by atoms with E-state index in [-0.39, 0.29) is 0 Å². The van der Waals surface area contributed by atoms with Crippen LogP contribution in [0.4, 0.5) is 0 Å². The second kappa shape index (κ2) is 1.44. The first-order valence-corrected chi connectivity index (χ1v) is 2.94. The van der Waals surface area contributed by atoms with Gasteiger partial charge in [-0.05, 0) is 6.92 Å². The predicted molar refractivity (Wildman–Crippen MR) is 37.4 cm³/mol. The van der Waals surface area contributed by atoms with E-state index in [4.69, 9.17) is 0 Å². The normalized spacial score (nSPS) is 21.2. The van der Waals surface area contributed by atoms with Crippen molar-refractivity contribution >= 4 is 6.21 Å². The van der Waals surface area contributed by atoms with Crippen molar-refractivity contribution in [2.24, 2.45) is 4.99 Å². The predicted octanol–water partition coefficient (Wildman–Crippen LogP) is 1.72. The Morgan fingerprint density at radius 1 is 1.56 bits per heavy atom. The molecule has 1 nitrogen and oxygen atoms in total. The highest BCUT2D eigenvalue weighted by Gasteiger charge is 2.12. The molecule has 0 bridgehead atoms. The van der Waals surface area contributed by atoms with Crippen LogP contribution in [-0.4, -0.2) is 6.21 Å². The van der Waals surface area contributed by atoms with Crippen LogP contribution in [0.1, 0.15) is 6.92 Å². The van der Waals surface area contributed by atoms with Crippen LogP contribution in [0, 0.1) is 0 Å². The number of allylic oxidation sites excluding steroid dienone is 6. The zero-order valence-electron chi connectivity index (χ0n) is 5.18. The van der Waals surface area contributed by atoms with E-state index >= 15 is 0 Å². The monoisotopic (exact) mass is 116 g/mol. The van der Waals surface area contributed by atoms with Crippen molar-refractivity contribution in [1.82, 2.24) is 0 Å². The zero-order chi connectivity index (χ0) is 6.27. The average Bonchev–Trinajstić information content (AvgIpc) is 2.35. The number of nitrogens with zero attached hydrogens (tertiary/aromatic N) is 1. The van der Waals surface area contributed by atoms with Crippen molar-refractivity contribution in [3.05, 3.63) is 35.1 Å². The van der Waals surface area contributed by atoms with Gasteiger partial charge in [0.25, 0.3) is 0 Å². The Labute approximate surface area is 54.1 Å². The number of hydrogen-bond acceptors (Lipinski definition) is 1. The molecule has 0 saturated heterocycles. The van der Waals surface area contributed by atoms with Crippen molar-refractivity contribution < 1.29 is 0 Å². The van der Waals surface area contributed by atoms with Crippen LogP contribution in [-0.2, 0) is 0 Å². The van der Waals surface area contributed by atoms with Crippen molar-refractivity contribution in [3.63, 3.8) is 0 Å². The highest BCUT2D eigenvalue weighted by molar-refractivity contribution is 5.92. The standard InChI is InChI=1S/C8H6N/c1-6-8-4-2-3-7(8)5-9-6/h2-4H,1H3. The number of aliphatic imine (C=N–C) groups is 1. The Morgan fingerprint density at radius 2 is 2.44 bits per heavy atom. The molecule has 2 aliphatic rings. The molecular weight excluding hydrogens is 110 g/mol. The minimum Gasteiger partial charge on any atom is -0.250 e. The second-order valence-electron chi connectivity index (χ2n) is 2.16. The van der Waals surface area contributed by atoms with Crippen LogP contribution in [0.25, 0.3) is 0 Å². The smallest absolute Gasteiger partial charge is 0.0975 e. The molecule has 1 heterocycles. The average molecular weight is 116 g/mol. The summed E-state index contributed by atoms with van der Waals surface area (Å²) in [6.07, 6.45) is 9.03. The number of rotatable bonds is 0. The minimum atomic E-state index is 1.08. The second-order valence-corrected chi connectivity index (χ2v) is 2.16. The van der Waals surface area contributed by atoms with Crippen molar-refractivity contribution in [2.45, 2.75) is 6.92 Å². The Balaban J connectivity index is 2.62. The van der Waals surface area contributed by atoms with E-state index in [1.807, 2.05) is 19.1 Å². The van der Waals surface area contributed by atoms with Gasteiger partial charge >= 0.3 is 0 Å². The quantitative estimate of drug-likeness (QED) is 0.457. The van der Waals surface area contributed by atoms with Gasteiger partial charge in [-0.25, -0.2) is 0 Å². The lowest BCUT2D eigenvalue weighted by Gasteiger charge is -1.88. The zero-order valence-corrected chi connectivity index (χ0v) is 5.18. The molecule has 0 atom stereocenters. The molecule has 9 heavy (non-hydrogen) atoms. The Kier molecular flexibility index (Phi) is 0.758. The summed E-state index contributed by atoms with van der Waals surface area (Å²) in [5, 5.41) is 0. The van der Waals surface area contributed by atoms with E-state index in [9.17, 15) is 0 Å². The van der Waals surface area contributed by atoms with Crippen LogP contribution >= 0.6 is 0 Å². The molecule has 0 aromatic carbocycles. The van der Waals surface area contributed by atoms with E-state index in [1.54, 1.807) is 0 Å². The fraction of sp³-hybridized carbons (Fsp3) is 0.125. The summed E-state index contributed by atoms with van der Waals surface area (Å²) >= 11 is 0. The molecular formula is C8H6N. The molecule has 0 N–H and O–H groups in total. The van der Waals surface area contributed by atoms with Gasteiger partial charge in [-0.3, -0.25) is 4.99 Å². The summed E-state index contributed by atoms with van der Waals surface area (Å²) in [5.41, 5.74) is 3.44. The minimum absolute atomic E-state index is 1.08. The highest BCUT2D eigenvalue weighted by atomic mass is 14.8. The van der Waals surface area contributed by atoms with E-state index < -0.39 is 0 Å². The molecule has 1 heteroatoms. The lowest BCUT2D eigenvalue weighted by Crippen LogP contribution is -1.76. The van der Waals surface area contributed by atoms with Crippen molar-refractivity contribution in [3.8, 4) is 0 Å². The van der Waals surface area contributed by atoms with Gasteiger partial charge in [0.1, 0.15) is 0 Å². The van der Waals surface area contributed by atoms with Crippen LogP contribution in [0.5, 0.6) is 0 Å². The summed E-state index contributed by atoms with van der Waals surface area (Å²) < 4.78 is 0. The number of hydrogen-bond donors (Lipinski definition) is 0. The first-order valence-electron chi connectivity index (χ1n) is 2.94. The third-order valence-corrected chi connectivity index (χ3v) is 1.55. The third-order valence-electron chi connectivity index (χ3n) is 1.55. The summed E-state index contributed by atoms with van der Waals surface area (Å²) in [4.78, 5) is 4.03. The summed E-state index contributed by atoms with van der Waals surface area (Å²) in [6.45, 7) is 2.00. The maximum absolute atomic E-state index is 4.03. The molecule has 0 aromatic heterocycles. The number of fused-ring (bicyclic) bond motifs is 1. The van der Waals surface area contributed by atoms with Crippen molar-refractivity contribution in [2.75, 3.05) is 0 Å². The topological polar surface area (TPSA) is 12.4 Å². The van der Waals surface area contributed by atoms with Crippen LogP contribution < -0.4 is 0 Å². The van der Waals surface area contributed by atoms with E-state index in [1.165, 1.54) is 5.57 Å². The van der Waals surface area contributed by atoms with E-state index in [2.05, 4.69) is 17.3 Å². The van der Waals surface area contributed by atoms with Gasteiger partial charge in [0.05, 0.1) is 6.21 Å². The Bertz CT molecular complexity index is 264. The van der Waals surface area contributed by atoms with Gasteiger partial charge in [0.15, 0.2) is 0 Å². The van der Waals surface area contributed by atoms with Gasteiger partial charge in [0.2, 0.25) is 0 Å². The van der Waals surface area contributed by atoms with Gasteiger partial charge in [-0.2, -0.15) is 0 Å². The molecule has 1 radical (unpaired) electrons. The van der Waals surface area contributed by atoms with Gasteiger partial charge < -0.3 is 0 Å². The lowest BCUT2D eigenvalue weighted by atomic mass is 10.1. The van der Waals surface area contributed by atoms with E-state index in [0.29, 0.717) is 0 Å². The molecule has 43 valence electrons. The highest BCUT2D eigenvalue weighted by Crippen LogP contribution is 2.25. The van der Waals surface area contributed by atoms with Crippen LogP contribution in [0.3, 0.4) is 0 Å². The Hall–Kier alpha value is -1.11. The Morgan fingerprint density at radius 3 is 3.22 bits per heavy atom. The fourth-order valence-corrected chi connectivity index (χ4v) is 1.04. The first-order chi connectivity index (χ1) is 4.38. The maximum Gasteiger partial charge on any atom is 0.0975 e. The van der Waals surface area contributed by atoms with Crippen molar-refractivity contribution in [1.29, 1.82) is 0 Å². The molecule has 1 aliphatic heterocycles. The van der Waals surface area contributed by atoms with Crippen LogP contribution in [0.2, 0.25) is 0 Å². The van der Waals surface area contributed by atoms with E-state index in [0.717, 1.165) is 11.3 Å². The maximum atomic E-state index is 4.03. The largest absolute Gasteiger partial charge is 0.250 e. The molecule has 0 aromatic rings. The molecule has 0 amide bonds. The molecule has 0 saturated carbocycles. The lowest BCUT2D eigenvalue weighted by molar-refractivity contribution is 1.32. The molecule has 0 unspecified atom stereocenters. The molecule has 0 spiro atoms. The molecule has 1 aliphatic carbocycles. The summed E-state index contributed by atoms with van der Waals surface area (Å²) in [5.74, 6) is 0.